The van der Waals surface area contributed by atoms with E-state index in [-0.39, 0.29) is 48.4 Å². The SMILES string of the molecule is C[Si](C)(C)CCOC(=O)C1C(Cn2nnc3ccc(C(F)(F)F)cc3c2=O)CCC1C(=O)c1ccc(OCc2cccc(C(F)(F)F)c2)cc1. The van der Waals surface area contributed by atoms with Crippen LogP contribution in [0.2, 0.25) is 25.7 Å². The third-order valence-electron chi connectivity index (χ3n) is 8.75. The van der Waals surface area contributed by atoms with Crippen LogP contribution in [0.1, 0.15) is 39.9 Å². The first-order valence-corrected chi connectivity index (χ1v) is 19.7. The highest BCUT2D eigenvalue weighted by molar-refractivity contribution is 6.76. The highest BCUT2D eigenvalue weighted by Gasteiger charge is 2.46. The number of fused-ring (bicyclic) bond motifs is 1. The van der Waals surface area contributed by atoms with Crippen molar-refractivity contribution in [2.75, 3.05) is 6.61 Å². The lowest BCUT2D eigenvalue weighted by Crippen LogP contribution is -2.36. The van der Waals surface area contributed by atoms with E-state index >= 15 is 0 Å². The van der Waals surface area contributed by atoms with Crippen LogP contribution in [0.4, 0.5) is 26.3 Å². The number of alkyl halides is 6. The van der Waals surface area contributed by atoms with Crippen LogP contribution in [0.25, 0.3) is 10.9 Å². The Hall–Kier alpha value is -4.53. The van der Waals surface area contributed by atoms with E-state index in [1.165, 1.54) is 36.4 Å². The number of carbonyl (C=O) groups is 2. The van der Waals surface area contributed by atoms with E-state index in [1.54, 1.807) is 0 Å². The zero-order chi connectivity index (χ0) is 36.4. The Morgan fingerprint density at radius 1 is 0.900 bits per heavy atom. The standard InChI is InChI=1S/C35H35F6N3O5Si/c1-50(2,3)16-15-48-33(47)30-23(19-44-32(46)28-18-25(35(39,40)41)10-14-29(28)42-43-44)9-13-27(30)31(45)22-7-11-26(12-8-22)49-20-21-5-4-6-24(17-21)34(36,37)38/h4-8,10-12,14,17-18,23,27,30H,9,13,15-16,19-20H2,1-3H3. The Morgan fingerprint density at radius 2 is 1.58 bits per heavy atom. The Kier molecular flexibility index (Phi) is 10.6. The van der Waals surface area contributed by atoms with E-state index in [4.69, 9.17) is 9.47 Å². The van der Waals surface area contributed by atoms with Crippen molar-refractivity contribution in [2.45, 2.75) is 64.0 Å². The number of carbonyl (C=O) groups excluding carboxylic acids is 2. The van der Waals surface area contributed by atoms with Gasteiger partial charge in [-0.05, 0) is 85.0 Å². The van der Waals surface area contributed by atoms with Crippen molar-refractivity contribution < 1.29 is 45.4 Å². The Labute approximate surface area is 284 Å². The van der Waals surface area contributed by atoms with Crippen LogP contribution in [0, 0.1) is 17.8 Å². The number of ether oxygens (including phenoxy) is 2. The number of ketones is 1. The fraction of sp³-hybridized carbons (Fsp3) is 0.400. The van der Waals surface area contributed by atoms with Gasteiger partial charge >= 0.3 is 18.3 Å². The second-order valence-corrected chi connectivity index (χ2v) is 19.3. The molecule has 15 heteroatoms. The minimum absolute atomic E-state index is 0.0108. The molecule has 0 saturated heterocycles. The molecule has 0 N–H and O–H groups in total. The van der Waals surface area contributed by atoms with E-state index in [1.807, 2.05) is 0 Å². The maximum absolute atomic E-state index is 13.8. The van der Waals surface area contributed by atoms with Gasteiger partial charge in [-0.1, -0.05) is 37.0 Å². The first-order valence-electron chi connectivity index (χ1n) is 16.0. The Morgan fingerprint density at radius 3 is 2.24 bits per heavy atom. The molecular formula is C35H35F6N3O5Si. The maximum atomic E-state index is 13.8. The average molecular weight is 720 g/mol. The summed E-state index contributed by atoms with van der Waals surface area (Å²) in [6.45, 7) is 6.21. The molecular weight excluding hydrogens is 684 g/mol. The summed E-state index contributed by atoms with van der Waals surface area (Å²) in [7, 11) is -1.58. The van der Waals surface area contributed by atoms with Gasteiger partial charge in [0.15, 0.2) is 5.78 Å². The summed E-state index contributed by atoms with van der Waals surface area (Å²) in [6.07, 6.45) is -8.56. The number of esters is 1. The van der Waals surface area contributed by atoms with Crippen LogP contribution in [0.3, 0.4) is 0 Å². The lowest BCUT2D eigenvalue weighted by Gasteiger charge is -2.24. The predicted octanol–water partition coefficient (Wildman–Crippen LogP) is 7.81. The van der Waals surface area contributed by atoms with Gasteiger partial charge in [0.2, 0.25) is 0 Å². The van der Waals surface area contributed by atoms with Gasteiger partial charge in [-0.15, -0.1) is 5.10 Å². The Balaban J connectivity index is 1.35. The normalized spacial score (nSPS) is 18.3. The van der Waals surface area contributed by atoms with Crippen LogP contribution in [0.15, 0.2) is 71.5 Å². The lowest BCUT2D eigenvalue weighted by molar-refractivity contribution is -0.150. The van der Waals surface area contributed by atoms with Crippen molar-refractivity contribution in [1.29, 1.82) is 0 Å². The summed E-state index contributed by atoms with van der Waals surface area (Å²) in [6, 6.07) is 14.1. The average Bonchev–Trinajstić information content (AvgIpc) is 3.47. The van der Waals surface area contributed by atoms with Crippen molar-refractivity contribution in [1.82, 2.24) is 15.0 Å². The maximum Gasteiger partial charge on any atom is 0.416 e. The number of Topliss-reactive ketones (excluding diaryl/α,β-unsaturated/α-hetero) is 1. The number of hydrogen-bond acceptors (Lipinski definition) is 7. The van der Waals surface area contributed by atoms with E-state index < -0.39 is 60.8 Å². The van der Waals surface area contributed by atoms with Crippen LogP contribution < -0.4 is 10.3 Å². The van der Waals surface area contributed by atoms with Gasteiger partial charge in [0.25, 0.3) is 5.56 Å². The number of aromatic nitrogens is 3. The zero-order valence-electron chi connectivity index (χ0n) is 27.5. The molecule has 266 valence electrons. The third-order valence-corrected chi connectivity index (χ3v) is 10.5. The van der Waals surface area contributed by atoms with Crippen LogP contribution in [-0.2, 0) is 35.0 Å². The summed E-state index contributed by atoms with van der Waals surface area (Å²) in [4.78, 5) is 40.7. The molecule has 0 bridgehead atoms. The molecule has 50 heavy (non-hydrogen) atoms. The number of halogens is 6. The quantitative estimate of drug-likeness (QED) is 0.0675. The molecule has 0 spiro atoms. The second kappa shape index (κ2) is 14.4. The molecule has 8 nitrogen and oxygen atoms in total. The molecule has 0 aliphatic heterocycles. The van der Waals surface area contributed by atoms with Crippen LogP contribution in [0.5, 0.6) is 5.75 Å². The highest BCUT2D eigenvalue weighted by atomic mass is 28.3. The number of hydrogen-bond donors (Lipinski definition) is 0. The second-order valence-electron chi connectivity index (χ2n) is 13.6. The van der Waals surface area contributed by atoms with Crippen molar-refractivity contribution >= 4 is 30.7 Å². The summed E-state index contributed by atoms with van der Waals surface area (Å²) < 4.78 is 91.5. The molecule has 1 saturated carbocycles. The van der Waals surface area contributed by atoms with E-state index in [9.17, 15) is 40.7 Å². The molecule has 0 radical (unpaired) electrons. The minimum Gasteiger partial charge on any atom is -0.489 e. The van der Waals surface area contributed by atoms with Crippen molar-refractivity contribution in [3.63, 3.8) is 0 Å². The van der Waals surface area contributed by atoms with Crippen molar-refractivity contribution in [2.24, 2.45) is 17.8 Å². The van der Waals surface area contributed by atoms with E-state index in [0.717, 1.165) is 35.0 Å². The number of nitrogens with zero attached hydrogens (tertiary/aromatic N) is 3. The first-order chi connectivity index (χ1) is 23.4. The summed E-state index contributed by atoms with van der Waals surface area (Å²) in [5, 5.41) is 7.56. The van der Waals surface area contributed by atoms with Gasteiger partial charge in [0, 0.05) is 19.6 Å². The summed E-state index contributed by atoms with van der Waals surface area (Å²) in [5.74, 6) is -3.03. The topological polar surface area (TPSA) is 100 Å². The van der Waals surface area contributed by atoms with E-state index in [0.29, 0.717) is 23.8 Å². The molecule has 3 unspecified atom stereocenters. The molecule has 1 aliphatic carbocycles. The first kappa shape index (κ1) is 36.7. The molecule has 0 amide bonds. The smallest absolute Gasteiger partial charge is 0.416 e. The molecule has 5 rings (SSSR count). The third kappa shape index (κ3) is 8.78. The monoisotopic (exact) mass is 719 g/mol. The van der Waals surface area contributed by atoms with Gasteiger partial charge in [-0.3, -0.25) is 14.4 Å². The van der Waals surface area contributed by atoms with Gasteiger partial charge < -0.3 is 9.47 Å². The zero-order valence-corrected chi connectivity index (χ0v) is 28.5. The number of rotatable bonds is 11. The van der Waals surface area contributed by atoms with Crippen LogP contribution in [-0.4, -0.2) is 41.4 Å². The lowest BCUT2D eigenvalue weighted by atomic mass is 9.84. The molecule has 1 heterocycles. The molecule has 1 aliphatic rings. The Bertz CT molecular complexity index is 1920. The molecule has 3 aromatic carbocycles. The van der Waals surface area contributed by atoms with Crippen molar-refractivity contribution in [3.05, 3.63) is 99.3 Å². The highest BCUT2D eigenvalue weighted by Crippen LogP contribution is 2.41. The molecule has 1 aromatic heterocycles. The molecule has 4 aromatic rings. The number of benzene rings is 3. The largest absolute Gasteiger partial charge is 0.489 e. The van der Waals surface area contributed by atoms with Gasteiger partial charge in [-0.2, -0.15) is 26.3 Å². The fourth-order valence-corrected chi connectivity index (χ4v) is 6.73. The minimum atomic E-state index is -4.68. The summed E-state index contributed by atoms with van der Waals surface area (Å²) in [5.41, 5.74) is -2.04. The molecule has 1 fully saturated rings. The molecule has 3 atom stereocenters. The van der Waals surface area contributed by atoms with Gasteiger partial charge in [-0.25, -0.2) is 4.68 Å². The van der Waals surface area contributed by atoms with Crippen molar-refractivity contribution in [3.8, 4) is 5.75 Å². The van der Waals surface area contributed by atoms with Gasteiger partial charge in [0.05, 0.1) is 35.6 Å². The van der Waals surface area contributed by atoms with E-state index in [2.05, 4.69) is 30.0 Å². The predicted molar refractivity (Wildman–Crippen MR) is 174 cm³/mol. The van der Waals surface area contributed by atoms with Crippen LogP contribution >= 0.6 is 0 Å². The summed E-state index contributed by atoms with van der Waals surface area (Å²) >= 11 is 0. The fourth-order valence-electron chi connectivity index (χ4n) is 6.02. The van der Waals surface area contributed by atoms with Gasteiger partial charge in [0.1, 0.15) is 17.9 Å².